The van der Waals surface area contributed by atoms with Crippen LogP contribution in [0.25, 0.3) is 11.3 Å². The second-order valence-corrected chi connectivity index (χ2v) is 6.92. The lowest BCUT2D eigenvalue weighted by Gasteiger charge is -2.30. The van der Waals surface area contributed by atoms with Gasteiger partial charge in [0.15, 0.2) is 5.76 Å². The molecule has 0 saturated carbocycles. The molecule has 0 bridgehead atoms. The highest BCUT2D eigenvalue weighted by molar-refractivity contribution is 5.92. The number of nitrogens with zero attached hydrogens (tertiary/aromatic N) is 1. The van der Waals surface area contributed by atoms with Crippen LogP contribution in [0.15, 0.2) is 40.8 Å². The summed E-state index contributed by atoms with van der Waals surface area (Å²) in [5.41, 5.74) is -0.487. The molecule has 1 aromatic heterocycles. The molecule has 0 spiro atoms. The van der Waals surface area contributed by atoms with Gasteiger partial charge in [0, 0.05) is 30.7 Å². The number of carbonyl (C=O) groups is 1. The number of carbonyl (C=O) groups excluding carboxylic acids is 1. The molecule has 1 N–H and O–H groups in total. The molecule has 0 atom stereocenters. The van der Waals surface area contributed by atoms with Gasteiger partial charge in [-0.2, -0.15) is 13.2 Å². The first-order valence-electron chi connectivity index (χ1n) is 8.91. The number of halogens is 3. The SMILES string of the molecule is CC(C)N(CCNC(=O)c1ccc(-c2cccc(C(F)(F)F)c2)o1)C(C)C. The van der Waals surface area contributed by atoms with E-state index in [-0.39, 0.29) is 23.0 Å². The zero-order valence-electron chi connectivity index (χ0n) is 15.9. The zero-order valence-corrected chi connectivity index (χ0v) is 15.9. The van der Waals surface area contributed by atoms with Crippen molar-refractivity contribution in [2.24, 2.45) is 0 Å². The highest BCUT2D eigenvalue weighted by Crippen LogP contribution is 2.32. The van der Waals surface area contributed by atoms with Gasteiger partial charge < -0.3 is 9.73 Å². The Morgan fingerprint density at radius 1 is 1.11 bits per heavy atom. The van der Waals surface area contributed by atoms with Gasteiger partial charge >= 0.3 is 6.18 Å². The Hall–Kier alpha value is -2.28. The number of hydrogen-bond acceptors (Lipinski definition) is 3. The third kappa shape index (κ3) is 5.60. The van der Waals surface area contributed by atoms with Crippen molar-refractivity contribution in [2.75, 3.05) is 13.1 Å². The number of furan rings is 1. The quantitative estimate of drug-likeness (QED) is 0.747. The van der Waals surface area contributed by atoms with E-state index in [1.165, 1.54) is 24.3 Å². The Morgan fingerprint density at radius 3 is 2.37 bits per heavy atom. The van der Waals surface area contributed by atoms with E-state index in [9.17, 15) is 18.0 Å². The zero-order chi connectivity index (χ0) is 20.2. The number of benzene rings is 1. The summed E-state index contributed by atoms with van der Waals surface area (Å²) in [6, 6.07) is 8.51. The Morgan fingerprint density at radius 2 is 1.78 bits per heavy atom. The summed E-state index contributed by atoms with van der Waals surface area (Å²) in [7, 11) is 0. The largest absolute Gasteiger partial charge is 0.451 e. The summed E-state index contributed by atoms with van der Waals surface area (Å²) in [6.07, 6.45) is -4.43. The number of nitrogens with one attached hydrogen (secondary N) is 1. The summed E-state index contributed by atoms with van der Waals surface area (Å²) in [5.74, 6) is -0.0963. The van der Waals surface area contributed by atoms with Crippen LogP contribution < -0.4 is 5.32 Å². The standard InChI is InChI=1S/C20H25F3N2O2/c1-13(2)25(14(3)4)11-10-24-19(26)18-9-8-17(27-18)15-6-5-7-16(12-15)20(21,22)23/h5-9,12-14H,10-11H2,1-4H3,(H,24,26). The van der Waals surface area contributed by atoms with E-state index in [0.29, 0.717) is 25.2 Å². The minimum Gasteiger partial charge on any atom is -0.451 e. The lowest BCUT2D eigenvalue weighted by molar-refractivity contribution is -0.137. The van der Waals surface area contributed by atoms with Crippen molar-refractivity contribution in [3.8, 4) is 11.3 Å². The van der Waals surface area contributed by atoms with Crippen LogP contribution in [0.4, 0.5) is 13.2 Å². The minimum atomic E-state index is -4.43. The highest BCUT2D eigenvalue weighted by atomic mass is 19.4. The molecular formula is C20H25F3N2O2. The van der Waals surface area contributed by atoms with Gasteiger partial charge in [0.05, 0.1) is 5.56 Å². The molecular weight excluding hydrogens is 357 g/mol. The molecule has 0 unspecified atom stereocenters. The molecule has 2 rings (SSSR count). The van der Waals surface area contributed by atoms with E-state index in [1.807, 2.05) is 0 Å². The van der Waals surface area contributed by atoms with E-state index in [4.69, 9.17) is 4.42 Å². The fraction of sp³-hybridized carbons (Fsp3) is 0.450. The number of rotatable bonds is 7. The van der Waals surface area contributed by atoms with Crippen molar-refractivity contribution >= 4 is 5.91 Å². The Balaban J connectivity index is 2.02. The topological polar surface area (TPSA) is 45.5 Å². The Kier molecular flexibility index (Phi) is 6.70. The number of alkyl halides is 3. The van der Waals surface area contributed by atoms with Crippen LogP contribution in [0.5, 0.6) is 0 Å². The molecule has 1 amide bonds. The van der Waals surface area contributed by atoms with Crippen molar-refractivity contribution in [2.45, 2.75) is 46.0 Å². The van der Waals surface area contributed by atoms with Crippen LogP contribution in [-0.4, -0.2) is 36.0 Å². The lowest BCUT2D eigenvalue weighted by atomic mass is 10.1. The first-order chi connectivity index (χ1) is 12.6. The molecule has 27 heavy (non-hydrogen) atoms. The second-order valence-electron chi connectivity index (χ2n) is 6.92. The van der Waals surface area contributed by atoms with E-state index in [1.54, 1.807) is 0 Å². The van der Waals surface area contributed by atoms with Gasteiger partial charge in [-0.3, -0.25) is 9.69 Å². The first-order valence-corrected chi connectivity index (χ1v) is 8.91. The number of hydrogen-bond donors (Lipinski definition) is 1. The third-order valence-electron chi connectivity index (χ3n) is 4.29. The molecule has 0 saturated heterocycles. The smallest absolute Gasteiger partial charge is 0.416 e. The van der Waals surface area contributed by atoms with Crippen LogP contribution >= 0.6 is 0 Å². The third-order valence-corrected chi connectivity index (χ3v) is 4.29. The van der Waals surface area contributed by atoms with Crippen molar-refractivity contribution < 1.29 is 22.4 Å². The maximum atomic E-state index is 12.8. The van der Waals surface area contributed by atoms with Gasteiger partial charge in [-0.1, -0.05) is 12.1 Å². The van der Waals surface area contributed by atoms with Crippen LogP contribution in [0, 0.1) is 0 Å². The maximum Gasteiger partial charge on any atom is 0.416 e. The molecule has 2 aromatic rings. The molecule has 7 heteroatoms. The maximum absolute atomic E-state index is 12.8. The van der Waals surface area contributed by atoms with Crippen LogP contribution in [-0.2, 0) is 6.18 Å². The molecule has 1 aromatic carbocycles. The normalized spacial score (nSPS) is 12.2. The average Bonchev–Trinajstić information content (AvgIpc) is 3.07. The molecule has 4 nitrogen and oxygen atoms in total. The van der Waals surface area contributed by atoms with Gasteiger partial charge in [0.1, 0.15) is 5.76 Å². The van der Waals surface area contributed by atoms with E-state index in [2.05, 4.69) is 37.9 Å². The van der Waals surface area contributed by atoms with Gasteiger partial charge in [0.2, 0.25) is 0 Å². The van der Waals surface area contributed by atoms with Gasteiger partial charge in [-0.15, -0.1) is 0 Å². The lowest BCUT2D eigenvalue weighted by Crippen LogP contribution is -2.42. The molecule has 1 heterocycles. The monoisotopic (exact) mass is 382 g/mol. The van der Waals surface area contributed by atoms with E-state index < -0.39 is 11.7 Å². The van der Waals surface area contributed by atoms with Crippen molar-refractivity contribution in [3.63, 3.8) is 0 Å². The van der Waals surface area contributed by atoms with Crippen LogP contribution in [0.3, 0.4) is 0 Å². The molecule has 0 aliphatic carbocycles. The minimum absolute atomic E-state index is 0.0723. The molecule has 0 aliphatic heterocycles. The molecule has 0 radical (unpaired) electrons. The van der Waals surface area contributed by atoms with Gasteiger partial charge in [-0.25, -0.2) is 0 Å². The highest BCUT2D eigenvalue weighted by Gasteiger charge is 2.30. The van der Waals surface area contributed by atoms with E-state index in [0.717, 1.165) is 12.1 Å². The van der Waals surface area contributed by atoms with Gasteiger partial charge in [-0.05, 0) is 52.0 Å². The Labute approximate surface area is 157 Å². The predicted octanol–water partition coefficient (Wildman–Crippen LogP) is 4.81. The molecule has 0 fully saturated rings. The second kappa shape index (κ2) is 8.61. The predicted molar refractivity (Wildman–Crippen MR) is 98.5 cm³/mol. The van der Waals surface area contributed by atoms with Crippen LogP contribution in [0.1, 0.15) is 43.8 Å². The summed E-state index contributed by atoms with van der Waals surface area (Å²) in [6.45, 7) is 9.52. The fourth-order valence-electron chi connectivity index (χ4n) is 2.96. The van der Waals surface area contributed by atoms with Crippen molar-refractivity contribution in [3.05, 3.63) is 47.7 Å². The van der Waals surface area contributed by atoms with E-state index >= 15 is 0 Å². The Bertz CT molecular complexity index is 759. The summed E-state index contributed by atoms with van der Waals surface area (Å²) >= 11 is 0. The van der Waals surface area contributed by atoms with Crippen LogP contribution in [0.2, 0.25) is 0 Å². The summed E-state index contributed by atoms with van der Waals surface area (Å²) in [4.78, 5) is 14.5. The first kappa shape index (κ1) is 21.0. The summed E-state index contributed by atoms with van der Waals surface area (Å²) < 4.78 is 44.0. The van der Waals surface area contributed by atoms with Crippen molar-refractivity contribution in [1.82, 2.24) is 10.2 Å². The fourth-order valence-corrected chi connectivity index (χ4v) is 2.96. The number of amides is 1. The molecule has 0 aliphatic rings. The summed E-state index contributed by atoms with van der Waals surface area (Å²) in [5, 5.41) is 2.79. The van der Waals surface area contributed by atoms with Crippen molar-refractivity contribution in [1.29, 1.82) is 0 Å². The van der Waals surface area contributed by atoms with Gasteiger partial charge in [0.25, 0.3) is 5.91 Å². The molecule has 148 valence electrons. The average molecular weight is 382 g/mol.